The Morgan fingerprint density at radius 3 is 3.00 bits per heavy atom. The largest absolute Gasteiger partial charge is 0.287 e. The van der Waals surface area contributed by atoms with Crippen molar-refractivity contribution in [3.63, 3.8) is 0 Å². The summed E-state index contributed by atoms with van der Waals surface area (Å²) in [5.41, 5.74) is 2.52. The summed E-state index contributed by atoms with van der Waals surface area (Å²) >= 11 is 9.29. The Bertz CT molecular complexity index is 829. The molecule has 1 aromatic heterocycles. The van der Waals surface area contributed by atoms with Crippen LogP contribution >= 0.6 is 34.7 Å². The summed E-state index contributed by atoms with van der Waals surface area (Å²) in [7, 11) is 0. The van der Waals surface area contributed by atoms with Crippen molar-refractivity contribution in [3.05, 3.63) is 50.9 Å². The Kier molecular flexibility index (Phi) is 5.38. The number of amides is 1. The van der Waals surface area contributed by atoms with Crippen LogP contribution in [0.1, 0.15) is 16.3 Å². The van der Waals surface area contributed by atoms with Gasteiger partial charge in [-0.3, -0.25) is 9.69 Å². The number of aliphatic imine (C=N–C) groups is 1. The van der Waals surface area contributed by atoms with Gasteiger partial charge in [-0.05, 0) is 37.6 Å². The molecule has 0 aliphatic carbocycles. The van der Waals surface area contributed by atoms with Gasteiger partial charge in [-0.25, -0.2) is 9.98 Å². The van der Waals surface area contributed by atoms with Crippen LogP contribution in [0.2, 0.25) is 5.02 Å². The van der Waals surface area contributed by atoms with Gasteiger partial charge in [-0.1, -0.05) is 29.4 Å². The van der Waals surface area contributed by atoms with Gasteiger partial charge in [-0.2, -0.15) is 0 Å². The molecule has 2 aromatic rings. The Morgan fingerprint density at radius 2 is 2.25 bits per heavy atom. The number of carbonyl (C=O) groups excluding carboxylic acids is 1. The fourth-order valence-corrected chi connectivity index (χ4v) is 3.93. The van der Waals surface area contributed by atoms with Gasteiger partial charge in [0.15, 0.2) is 5.17 Å². The normalized spacial score (nSPS) is 16.5. The summed E-state index contributed by atoms with van der Waals surface area (Å²) in [5.74, 6) is 0.762. The van der Waals surface area contributed by atoms with Crippen molar-refractivity contribution in [1.29, 1.82) is 0 Å². The highest BCUT2D eigenvalue weighted by Gasteiger charge is 2.24. The molecule has 3 rings (SSSR count). The molecule has 0 bridgehead atoms. The predicted molar refractivity (Wildman–Crippen MR) is 103 cm³/mol. The van der Waals surface area contributed by atoms with Gasteiger partial charge in [0.2, 0.25) is 0 Å². The third-order valence-electron chi connectivity index (χ3n) is 3.53. The molecule has 1 aliphatic heterocycles. The Morgan fingerprint density at radius 1 is 1.42 bits per heavy atom. The molecular formula is C17H16ClN3OS2. The van der Waals surface area contributed by atoms with Gasteiger partial charge < -0.3 is 0 Å². The van der Waals surface area contributed by atoms with E-state index in [1.54, 1.807) is 40.2 Å². The minimum absolute atomic E-state index is 0.0796. The highest BCUT2D eigenvalue weighted by molar-refractivity contribution is 8.14. The molecule has 124 valence electrons. The molecule has 0 atom stereocenters. The third kappa shape index (κ3) is 3.88. The van der Waals surface area contributed by atoms with E-state index in [-0.39, 0.29) is 5.91 Å². The molecule has 0 radical (unpaired) electrons. The minimum Gasteiger partial charge on any atom is -0.287 e. The van der Waals surface area contributed by atoms with E-state index in [0.717, 1.165) is 27.7 Å². The Hall–Kier alpha value is -1.63. The molecule has 4 nitrogen and oxygen atoms in total. The van der Waals surface area contributed by atoms with Gasteiger partial charge in [0.1, 0.15) is 0 Å². The lowest BCUT2D eigenvalue weighted by Gasteiger charge is -2.14. The van der Waals surface area contributed by atoms with Crippen molar-refractivity contribution >= 4 is 57.5 Å². The Balaban J connectivity index is 1.80. The molecule has 2 heterocycles. The number of benzene rings is 1. The molecule has 1 aromatic carbocycles. The van der Waals surface area contributed by atoms with Crippen LogP contribution in [0.15, 0.2) is 34.6 Å². The summed E-state index contributed by atoms with van der Waals surface area (Å²) in [6.45, 7) is 4.53. The molecule has 0 spiro atoms. The fourth-order valence-electron chi connectivity index (χ4n) is 2.22. The van der Waals surface area contributed by atoms with Crippen molar-refractivity contribution in [2.75, 3.05) is 12.3 Å². The lowest BCUT2D eigenvalue weighted by atomic mass is 10.2. The van der Waals surface area contributed by atoms with E-state index < -0.39 is 0 Å². The number of hydrogen-bond donors (Lipinski definition) is 0. The summed E-state index contributed by atoms with van der Waals surface area (Å²) in [5, 5.41) is 4.31. The number of nitrogens with zero attached hydrogens (tertiary/aromatic N) is 3. The number of hydrogen-bond acceptors (Lipinski definition) is 5. The Labute approximate surface area is 154 Å². The maximum absolute atomic E-state index is 12.5. The SMILES string of the molecule is Cc1nc(/C=C/C(=O)N2CCSC2=Nc2cccc(Cl)c2C)cs1. The average Bonchev–Trinajstić information content (AvgIpc) is 3.18. The average molecular weight is 378 g/mol. The minimum atomic E-state index is -0.0796. The number of aromatic nitrogens is 1. The molecule has 0 N–H and O–H groups in total. The number of aryl methyl sites for hydroxylation is 1. The molecule has 1 aliphatic rings. The first-order valence-corrected chi connectivity index (χ1v) is 9.67. The van der Waals surface area contributed by atoms with Crippen LogP contribution in [0.5, 0.6) is 0 Å². The molecule has 7 heteroatoms. The third-order valence-corrected chi connectivity index (χ3v) is 5.69. The number of thioether (sulfide) groups is 1. The van der Waals surface area contributed by atoms with E-state index in [2.05, 4.69) is 9.98 Å². The summed E-state index contributed by atoms with van der Waals surface area (Å²) in [4.78, 5) is 23.1. The zero-order chi connectivity index (χ0) is 17.1. The van der Waals surface area contributed by atoms with Crippen molar-refractivity contribution < 1.29 is 4.79 Å². The van der Waals surface area contributed by atoms with Crippen molar-refractivity contribution in [2.24, 2.45) is 4.99 Å². The topological polar surface area (TPSA) is 45.6 Å². The second-order valence-electron chi connectivity index (χ2n) is 5.24. The first-order valence-electron chi connectivity index (χ1n) is 7.43. The first-order chi connectivity index (χ1) is 11.5. The smallest absolute Gasteiger partial charge is 0.252 e. The summed E-state index contributed by atoms with van der Waals surface area (Å²) < 4.78 is 0. The van der Waals surface area contributed by atoms with E-state index in [1.165, 1.54) is 0 Å². The number of thiazole rings is 1. The van der Waals surface area contributed by atoms with Crippen LogP contribution < -0.4 is 0 Å². The molecule has 1 amide bonds. The van der Waals surface area contributed by atoms with Gasteiger partial charge >= 0.3 is 0 Å². The van der Waals surface area contributed by atoms with E-state index >= 15 is 0 Å². The summed E-state index contributed by atoms with van der Waals surface area (Å²) in [6.07, 6.45) is 3.30. The second kappa shape index (κ2) is 7.51. The monoisotopic (exact) mass is 377 g/mol. The summed E-state index contributed by atoms with van der Waals surface area (Å²) in [6, 6.07) is 5.61. The lowest BCUT2D eigenvalue weighted by Crippen LogP contribution is -2.30. The first kappa shape index (κ1) is 17.2. The maximum atomic E-state index is 12.5. The lowest BCUT2D eigenvalue weighted by molar-refractivity contribution is -0.121. The zero-order valence-electron chi connectivity index (χ0n) is 13.3. The van der Waals surface area contributed by atoms with Crippen LogP contribution in [0.25, 0.3) is 6.08 Å². The molecule has 1 fully saturated rings. The molecule has 0 saturated carbocycles. The maximum Gasteiger partial charge on any atom is 0.252 e. The van der Waals surface area contributed by atoms with Crippen LogP contribution in [0, 0.1) is 13.8 Å². The second-order valence-corrected chi connectivity index (χ2v) is 7.77. The molecule has 0 unspecified atom stereocenters. The van der Waals surface area contributed by atoms with Crippen molar-refractivity contribution in [3.8, 4) is 0 Å². The molecule has 24 heavy (non-hydrogen) atoms. The van der Waals surface area contributed by atoms with Gasteiger partial charge in [-0.15, -0.1) is 11.3 Å². The standard InChI is InChI=1S/C17H16ClN3OS2/c1-11-14(18)4-3-5-15(11)20-17-21(8-9-23-17)16(22)7-6-13-10-24-12(2)19-13/h3-7,10H,8-9H2,1-2H3/b7-6+,20-17?. The van der Waals surface area contributed by atoms with Crippen LogP contribution in [-0.2, 0) is 4.79 Å². The predicted octanol–water partition coefficient (Wildman–Crippen LogP) is 4.69. The van der Waals surface area contributed by atoms with Crippen molar-refractivity contribution in [1.82, 2.24) is 9.88 Å². The highest BCUT2D eigenvalue weighted by Crippen LogP contribution is 2.29. The molecular weight excluding hydrogens is 362 g/mol. The van der Waals surface area contributed by atoms with E-state index in [9.17, 15) is 4.79 Å². The zero-order valence-corrected chi connectivity index (χ0v) is 15.7. The van der Waals surface area contributed by atoms with E-state index in [0.29, 0.717) is 16.7 Å². The van der Waals surface area contributed by atoms with Crippen LogP contribution in [-0.4, -0.2) is 33.3 Å². The quantitative estimate of drug-likeness (QED) is 0.729. The van der Waals surface area contributed by atoms with Crippen LogP contribution in [0.3, 0.4) is 0 Å². The molecule has 1 saturated heterocycles. The van der Waals surface area contributed by atoms with E-state index in [1.807, 2.05) is 37.4 Å². The van der Waals surface area contributed by atoms with E-state index in [4.69, 9.17) is 11.6 Å². The van der Waals surface area contributed by atoms with Gasteiger partial charge in [0.05, 0.1) is 16.4 Å². The fraction of sp³-hybridized carbons (Fsp3) is 0.235. The number of carbonyl (C=O) groups is 1. The van der Waals surface area contributed by atoms with Crippen molar-refractivity contribution in [2.45, 2.75) is 13.8 Å². The number of halogens is 1. The van der Waals surface area contributed by atoms with Gasteiger partial charge in [0.25, 0.3) is 5.91 Å². The number of amidine groups is 1. The van der Waals surface area contributed by atoms with Crippen LogP contribution in [0.4, 0.5) is 5.69 Å². The highest BCUT2D eigenvalue weighted by atomic mass is 35.5. The number of rotatable bonds is 3. The van der Waals surface area contributed by atoms with Gasteiger partial charge in [0, 0.05) is 28.8 Å².